The second-order valence-corrected chi connectivity index (χ2v) is 24.1. The van der Waals surface area contributed by atoms with Crippen LogP contribution in [0.15, 0.2) is 48.5 Å². The Kier molecular flexibility index (Phi) is 6.89. The number of aliphatic hydroxyl groups excluding tert-OH is 2. The lowest BCUT2D eigenvalue weighted by Gasteiger charge is -2.60. The molecule has 8 fully saturated rings. The van der Waals surface area contributed by atoms with Crippen LogP contribution in [0.25, 0.3) is 0 Å². The van der Waals surface area contributed by atoms with Gasteiger partial charge in [-0.15, -0.1) is 0 Å². The number of carbonyl (C=O) groups excluding carboxylic acids is 4. The summed E-state index contributed by atoms with van der Waals surface area (Å²) in [4.78, 5) is 61.0. The van der Waals surface area contributed by atoms with E-state index in [0.717, 1.165) is 10.8 Å². The Balaban J connectivity index is 1.34. The number of carbonyl (C=O) groups is 4. The Hall–Kier alpha value is -2.06. The summed E-state index contributed by atoms with van der Waals surface area (Å²) < 4.78 is 0. The number of rotatable bonds is 3. The Morgan fingerprint density at radius 1 is 0.596 bits per heavy atom. The first-order chi connectivity index (χ1) is 24.7. The summed E-state index contributed by atoms with van der Waals surface area (Å²) in [6, 6.07) is 14.9. The number of likely N-dealkylation sites (N-methyl/N-ethyl adjacent to an activating group) is 2. The van der Waals surface area contributed by atoms with Gasteiger partial charge in [0.25, 0.3) is 23.6 Å². The van der Waals surface area contributed by atoms with Gasteiger partial charge in [0.1, 0.15) is 24.5 Å². The summed E-state index contributed by atoms with van der Waals surface area (Å²) in [6.07, 6.45) is -5.37. The molecule has 18 heteroatoms. The highest BCUT2D eigenvalue weighted by atomic mass is 33.7. The Morgan fingerprint density at radius 3 is 1.46 bits per heavy atom. The van der Waals surface area contributed by atoms with E-state index in [9.17, 15) is 15.0 Å². The highest BCUT2D eigenvalue weighted by Gasteiger charge is 2.92. The van der Waals surface area contributed by atoms with Gasteiger partial charge < -0.3 is 30.6 Å². The van der Waals surface area contributed by atoms with Crippen molar-refractivity contribution < 1.29 is 29.4 Å². The third-order valence-corrected chi connectivity index (χ3v) is 24.6. The van der Waals surface area contributed by atoms with Gasteiger partial charge >= 0.3 is 0 Å². The van der Waals surface area contributed by atoms with E-state index in [1.807, 2.05) is 76.2 Å². The normalized spacial score (nSPS) is 43.7. The van der Waals surface area contributed by atoms with Crippen molar-refractivity contribution in [2.24, 2.45) is 11.8 Å². The van der Waals surface area contributed by atoms with Crippen molar-refractivity contribution in [1.82, 2.24) is 19.6 Å². The monoisotopic (exact) mass is 816 g/mol. The topological polar surface area (TPSA) is 146 Å². The van der Waals surface area contributed by atoms with Crippen LogP contribution in [-0.2, 0) is 30.0 Å². The Morgan fingerprint density at radius 2 is 1.00 bits per heavy atom. The summed E-state index contributed by atoms with van der Waals surface area (Å²) in [6.45, 7) is 7.68. The van der Waals surface area contributed by atoms with Gasteiger partial charge in [-0.05, 0) is 87.1 Å². The van der Waals surface area contributed by atoms with Crippen LogP contribution in [0.1, 0.15) is 38.8 Å². The van der Waals surface area contributed by atoms with Gasteiger partial charge in [-0.1, -0.05) is 74.9 Å². The summed E-state index contributed by atoms with van der Waals surface area (Å²) in [7, 11) is 11.0. The number of piperazine rings is 2. The van der Waals surface area contributed by atoms with Crippen molar-refractivity contribution in [3.05, 3.63) is 59.7 Å². The van der Waals surface area contributed by atoms with Gasteiger partial charge in [-0.3, -0.25) is 29.0 Å². The average Bonchev–Trinajstić information content (AvgIpc) is 3.76. The first-order valence-electron chi connectivity index (χ1n) is 17.1. The van der Waals surface area contributed by atoms with Crippen LogP contribution in [-0.4, -0.2) is 112 Å². The van der Waals surface area contributed by atoms with Crippen molar-refractivity contribution in [3.8, 4) is 0 Å². The van der Waals surface area contributed by atoms with E-state index in [4.69, 9.17) is 0 Å². The van der Waals surface area contributed by atoms with E-state index < -0.39 is 66.7 Å². The zero-order chi connectivity index (χ0) is 36.7. The maximum absolute atomic E-state index is 15.5. The molecule has 8 saturated heterocycles. The summed E-state index contributed by atoms with van der Waals surface area (Å²) >= 11 is 0. The summed E-state index contributed by atoms with van der Waals surface area (Å²) in [5.74, 6) is -2.05. The molecule has 12 rings (SSSR count). The number of fused-ring (bicyclic) bond motifs is 13. The largest absolute Gasteiger partial charge is 0.388 e. The molecule has 4 bridgehead atoms. The van der Waals surface area contributed by atoms with Crippen molar-refractivity contribution in [2.75, 3.05) is 24.7 Å². The fourth-order valence-corrected chi connectivity index (χ4v) is 23.3. The smallest absolute Gasteiger partial charge is 0.264 e. The van der Waals surface area contributed by atoms with Crippen molar-refractivity contribution in [1.29, 1.82) is 0 Å². The van der Waals surface area contributed by atoms with Crippen molar-refractivity contribution in [2.45, 2.75) is 82.5 Å². The molecular weight excluding hydrogens is 781 g/mol. The molecule has 52 heavy (non-hydrogen) atoms. The molecule has 0 aliphatic carbocycles. The lowest BCUT2D eigenvalue weighted by molar-refractivity contribution is -0.169. The average molecular weight is 817 g/mol. The molecule has 0 aromatic heterocycles. The van der Waals surface area contributed by atoms with Crippen molar-refractivity contribution >= 4 is 97.8 Å². The molecule has 10 unspecified atom stereocenters. The number of amides is 4. The number of aliphatic hydroxyl groups is 2. The summed E-state index contributed by atoms with van der Waals surface area (Å²) in [5, 5.41) is 34.5. The van der Waals surface area contributed by atoms with Crippen LogP contribution >= 0.6 is 62.8 Å². The SMILES string of the molecule is CC(C)C12SSSSC3(C(=O)N1C)C(O)C1(C45c6ccccc6NC4N4C(=O)C6(C(C)C)SSC4(C(=O)N6C)C5O)c4ccccc4NC1N3C2=O. The first-order valence-corrected chi connectivity index (χ1v) is 24.1. The van der Waals surface area contributed by atoms with Crippen LogP contribution in [0.2, 0.25) is 0 Å². The van der Waals surface area contributed by atoms with Crippen LogP contribution < -0.4 is 10.6 Å². The van der Waals surface area contributed by atoms with Gasteiger partial charge in [0.05, 0.1) is 10.8 Å². The van der Waals surface area contributed by atoms with Crippen LogP contribution in [0, 0.1) is 11.8 Å². The molecule has 10 aliphatic rings. The molecule has 10 aliphatic heterocycles. The maximum Gasteiger partial charge on any atom is 0.264 e. The fourth-order valence-electron chi connectivity index (χ4n) is 11.0. The Bertz CT molecular complexity index is 2050. The van der Waals surface area contributed by atoms with Crippen molar-refractivity contribution in [3.63, 3.8) is 0 Å². The second kappa shape index (κ2) is 10.4. The first kappa shape index (κ1) is 34.4. The number of para-hydroxylation sites is 2. The van der Waals surface area contributed by atoms with Gasteiger partial charge in [-0.2, -0.15) is 0 Å². The van der Waals surface area contributed by atoms with Gasteiger partial charge in [0.15, 0.2) is 9.74 Å². The third-order valence-electron chi connectivity index (χ3n) is 13.2. The fraction of sp³-hybridized carbons (Fsp3) is 0.529. The number of hydrogen-bond donors (Lipinski definition) is 4. The van der Waals surface area contributed by atoms with E-state index in [2.05, 4.69) is 10.6 Å². The molecular formula is C34H36N6O6S6. The molecule has 10 heterocycles. The van der Waals surface area contributed by atoms with Gasteiger partial charge in [-0.25, -0.2) is 0 Å². The lowest BCUT2D eigenvalue weighted by Crippen LogP contribution is -2.79. The van der Waals surface area contributed by atoms with E-state index in [1.54, 1.807) is 23.9 Å². The quantitative estimate of drug-likeness (QED) is 0.333. The van der Waals surface area contributed by atoms with E-state index in [0.29, 0.717) is 22.5 Å². The number of anilines is 2. The van der Waals surface area contributed by atoms with Crippen LogP contribution in [0.5, 0.6) is 0 Å². The molecule has 0 radical (unpaired) electrons. The summed E-state index contributed by atoms with van der Waals surface area (Å²) in [5.41, 5.74) is -0.877. The molecule has 2 spiro atoms. The standard InChI is InChI=1S/C34H36N6O6S6/c1-15(2)31-27(45)39-23-29(17-11-7-9-13-19(17)35-23,21(41)33(39,48-47-31)25(43)37(31)5)30-18-12-8-10-14-20(18)36-24(30)40-28(46)32(16(3)4)38(6)26(44)34(40,22(30)42)50-52-51-49-32/h7-16,21-24,35-36,41-42H,1-6H3. The number of nitrogens with zero attached hydrogens (tertiary/aromatic N) is 4. The number of nitrogens with one attached hydrogen (secondary N) is 2. The van der Waals surface area contributed by atoms with Gasteiger partial charge in [0, 0.05) is 25.5 Å². The molecule has 10 atom stereocenters. The zero-order valence-corrected chi connectivity index (χ0v) is 33.7. The van der Waals surface area contributed by atoms with E-state index >= 15 is 14.4 Å². The minimum Gasteiger partial charge on any atom is -0.388 e. The van der Waals surface area contributed by atoms with Gasteiger partial charge in [0.2, 0.25) is 9.74 Å². The van der Waals surface area contributed by atoms with E-state index in [-0.39, 0.29) is 23.7 Å². The molecule has 4 N–H and O–H groups in total. The minimum atomic E-state index is -1.84. The predicted molar refractivity (Wildman–Crippen MR) is 208 cm³/mol. The molecule has 12 nitrogen and oxygen atoms in total. The Labute approximate surface area is 323 Å². The molecule has 2 aromatic rings. The lowest BCUT2D eigenvalue weighted by atomic mass is 9.52. The number of hydrogen-bond acceptors (Lipinski definition) is 14. The molecule has 2 aromatic carbocycles. The molecule has 4 amide bonds. The minimum absolute atomic E-state index is 0.283. The maximum atomic E-state index is 15.5. The zero-order valence-electron chi connectivity index (χ0n) is 28.8. The predicted octanol–water partition coefficient (Wildman–Crippen LogP) is 3.90. The number of benzene rings is 2. The third kappa shape index (κ3) is 3.09. The highest BCUT2D eigenvalue weighted by Crippen LogP contribution is 2.79. The highest BCUT2D eigenvalue weighted by molar-refractivity contribution is 9.26. The van der Waals surface area contributed by atoms with Crippen LogP contribution in [0.4, 0.5) is 11.4 Å². The van der Waals surface area contributed by atoms with E-state index in [1.165, 1.54) is 61.8 Å². The molecule has 0 saturated carbocycles. The molecule has 274 valence electrons. The second-order valence-electron chi connectivity index (χ2n) is 15.4. The van der Waals surface area contributed by atoms with Crippen LogP contribution in [0.3, 0.4) is 0 Å².